The molecule has 0 spiro atoms. The lowest BCUT2D eigenvalue weighted by Gasteiger charge is -2.14. The molecule has 0 saturated carbocycles. The van der Waals surface area contributed by atoms with Crippen LogP contribution in [0.1, 0.15) is 11.1 Å². The Morgan fingerprint density at radius 1 is 1.29 bits per heavy atom. The molecule has 6 heteroatoms. The fourth-order valence-corrected chi connectivity index (χ4v) is 1.47. The highest BCUT2D eigenvalue weighted by atomic mass is 19.4. The smallest absolute Gasteiger partial charge is 0.396 e. The molecule has 0 heterocycles. The van der Waals surface area contributed by atoms with Gasteiger partial charge in [0.2, 0.25) is 0 Å². The minimum atomic E-state index is -4.71. The maximum Gasteiger partial charge on any atom is 0.419 e. The molecule has 0 aliphatic carbocycles. The van der Waals surface area contributed by atoms with Crippen molar-refractivity contribution in [1.29, 1.82) is 0 Å². The van der Waals surface area contributed by atoms with E-state index in [1.165, 1.54) is 6.07 Å². The summed E-state index contributed by atoms with van der Waals surface area (Å²) in [6.07, 6.45) is -4.52. The molecule has 96 valence electrons. The summed E-state index contributed by atoms with van der Waals surface area (Å²) in [6.45, 7) is -0.0511. The Balaban J connectivity index is 2.97. The van der Waals surface area contributed by atoms with Crippen LogP contribution in [0.2, 0.25) is 0 Å². The van der Waals surface area contributed by atoms with E-state index in [2.05, 4.69) is 0 Å². The van der Waals surface area contributed by atoms with Gasteiger partial charge in [-0.05, 0) is 36.6 Å². The predicted molar refractivity (Wildman–Crippen MR) is 54.7 cm³/mol. The maximum atomic E-state index is 13.0. The molecule has 1 atom stereocenters. The molecule has 0 aromatic heterocycles. The summed E-state index contributed by atoms with van der Waals surface area (Å²) in [6, 6.07) is 2.81. The second kappa shape index (κ2) is 5.46. The van der Waals surface area contributed by atoms with Crippen molar-refractivity contribution in [3.05, 3.63) is 35.1 Å². The number of aliphatic hydroxyl groups excluding tert-OH is 1. The predicted octanol–water partition coefficient (Wildman–Crippen LogP) is 1.95. The number of halogens is 4. The summed E-state index contributed by atoms with van der Waals surface area (Å²) in [5, 5.41) is 8.89. The average molecular weight is 251 g/mol. The van der Waals surface area contributed by atoms with Gasteiger partial charge in [-0.15, -0.1) is 0 Å². The molecule has 1 unspecified atom stereocenters. The molecule has 0 fully saturated rings. The molecule has 0 saturated heterocycles. The Morgan fingerprint density at radius 3 is 2.41 bits per heavy atom. The van der Waals surface area contributed by atoms with Crippen LogP contribution in [0.4, 0.5) is 17.6 Å². The lowest BCUT2D eigenvalue weighted by Crippen LogP contribution is -2.20. The topological polar surface area (TPSA) is 46.2 Å². The molecule has 1 rings (SSSR count). The number of benzene rings is 1. The minimum absolute atomic E-state index is 0.162. The van der Waals surface area contributed by atoms with Crippen molar-refractivity contribution in [3.8, 4) is 0 Å². The van der Waals surface area contributed by atoms with E-state index in [9.17, 15) is 17.6 Å². The van der Waals surface area contributed by atoms with Gasteiger partial charge in [-0.1, -0.05) is 6.07 Å². The quantitative estimate of drug-likeness (QED) is 0.803. The first-order valence-corrected chi connectivity index (χ1v) is 5.05. The fraction of sp³-hybridized carbons (Fsp3) is 0.455. The number of rotatable bonds is 4. The van der Waals surface area contributed by atoms with E-state index in [4.69, 9.17) is 10.8 Å². The molecule has 0 bridgehead atoms. The molecule has 0 aliphatic rings. The summed E-state index contributed by atoms with van der Waals surface area (Å²) < 4.78 is 50.2. The van der Waals surface area contributed by atoms with Gasteiger partial charge in [-0.3, -0.25) is 0 Å². The van der Waals surface area contributed by atoms with Crippen LogP contribution in [0, 0.1) is 11.7 Å². The van der Waals surface area contributed by atoms with Gasteiger partial charge in [0, 0.05) is 6.61 Å². The Bertz CT molecular complexity index is 374. The first-order valence-electron chi connectivity index (χ1n) is 5.05. The third-order valence-corrected chi connectivity index (χ3v) is 2.45. The second-order valence-corrected chi connectivity index (χ2v) is 3.80. The zero-order valence-corrected chi connectivity index (χ0v) is 8.97. The maximum absolute atomic E-state index is 13.0. The monoisotopic (exact) mass is 251 g/mol. The summed E-state index contributed by atoms with van der Waals surface area (Å²) in [7, 11) is 0. The Hall–Kier alpha value is -1.14. The molecular weight excluding hydrogens is 238 g/mol. The third kappa shape index (κ3) is 3.67. The molecule has 1 aromatic carbocycles. The van der Waals surface area contributed by atoms with Crippen molar-refractivity contribution in [2.45, 2.75) is 12.6 Å². The Kier molecular flexibility index (Phi) is 4.47. The van der Waals surface area contributed by atoms with Gasteiger partial charge in [-0.2, -0.15) is 13.2 Å². The van der Waals surface area contributed by atoms with E-state index in [1.807, 2.05) is 0 Å². The van der Waals surface area contributed by atoms with Crippen LogP contribution in [0.15, 0.2) is 18.2 Å². The Morgan fingerprint density at radius 2 is 1.94 bits per heavy atom. The van der Waals surface area contributed by atoms with E-state index in [-0.39, 0.29) is 25.5 Å². The Labute approximate surface area is 96.1 Å². The number of hydrogen-bond acceptors (Lipinski definition) is 2. The van der Waals surface area contributed by atoms with Crippen LogP contribution in [-0.2, 0) is 12.6 Å². The molecule has 0 radical (unpaired) electrons. The van der Waals surface area contributed by atoms with Crippen molar-refractivity contribution < 1.29 is 22.7 Å². The molecule has 3 N–H and O–H groups in total. The van der Waals surface area contributed by atoms with Crippen molar-refractivity contribution in [2.75, 3.05) is 13.2 Å². The number of hydrogen-bond donors (Lipinski definition) is 2. The summed E-state index contributed by atoms with van der Waals surface area (Å²) in [4.78, 5) is 0. The molecule has 0 amide bonds. The van der Waals surface area contributed by atoms with Crippen LogP contribution in [0.5, 0.6) is 0 Å². The van der Waals surface area contributed by atoms with Gasteiger partial charge in [-0.25, -0.2) is 4.39 Å². The van der Waals surface area contributed by atoms with Crippen LogP contribution < -0.4 is 5.73 Å². The summed E-state index contributed by atoms with van der Waals surface area (Å²) in [5.41, 5.74) is 4.35. The van der Waals surface area contributed by atoms with Crippen molar-refractivity contribution in [2.24, 2.45) is 11.7 Å². The van der Waals surface area contributed by atoms with E-state index in [0.717, 1.165) is 12.1 Å². The van der Waals surface area contributed by atoms with Crippen molar-refractivity contribution in [1.82, 2.24) is 0 Å². The van der Waals surface area contributed by atoms with Gasteiger partial charge in [0.15, 0.2) is 0 Å². The zero-order valence-electron chi connectivity index (χ0n) is 8.97. The molecule has 0 aliphatic heterocycles. The number of nitrogens with two attached hydrogens (primary N) is 1. The lowest BCUT2D eigenvalue weighted by atomic mass is 9.98. The van der Waals surface area contributed by atoms with Crippen molar-refractivity contribution in [3.63, 3.8) is 0 Å². The van der Waals surface area contributed by atoms with Crippen LogP contribution in [-0.4, -0.2) is 18.3 Å². The lowest BCUT2D eigenvalue weighted by molar-refractivity contribution is -0.140. The molecule has 2 nitrogen and oxygen atoms in total. The van der Waals surface area contributed by atoms with E-state index in [1.54, 1.807) is 0 Å². The fourth-order valence-electron chi connectivity index (χ4n) is 1.47. The van der Waals surface area contributed by atoms with Gasteiger partial charge in [0.05, 0.1) is 5.56 Å². The van der Waals surface area contributed by atoms with Gasteiger partial charge >= 0.3 is 6.18 Å². The third-order valence-electron chi connectivity index (χ3n) is 2.45. The minimum Gasteiger partial charge on any atom is -0.396 e. The average Bonchev–Trinajstić information content (AvgIpc) is 2.26. The molecule has 1 aromatic rings. The molecular formula is C11H13F4NO. The highest BCUT2D eigenvalue weighted by Crippen LogP contribution is 2.32. The van der Waals surface area contributed by atoms with Crippen molar-refractivity contribution >= 4 is 0 Å². The largest absolute Gasteiger partial charge is 0.419 e. The van der Waals surface area contributed by atoms with Gasteiger partial charge in [0.1, 0.15) is 5.82 Å². The first kappa shape index (κ1) is 13.9. The summed E-state index contributed by atoms with van der Waals surface area (Å²) >= 11 is 0. The number of aliphatic hydroxyl groups is 1. The number of alkyl halides is 3. The zero-order chi connectivity index (χ0) is 13.1. The van der Waals surface area contributed by atoms with E-state index in [0.29, 0.717) is 5.56 Å². The SMILES string of the molecule is NCC(CO)Cc1ccc(F)c(C(F)(F)F)c1. The first-order chi connectivity index (χ1) is 7.88. The highest BCUT2D eigenvalue weighted by Gasteiger charge is 2.34. The van der Waals surface area contributed by atoms with Gasteiger partial charge in [0.25, 0.3) is 0 Å². The molecule has 17 heavy (non-hydrogen) atoms. The van der Waals surface area contributed by atoms with Crippen LogP contribution in [0.25, 0.3) is 0 Å². The highest BCUT2D eigenvalue weighted by molar-refractivity contribution is 5.27. The van der Waals surface area contributed by atoms with Crippen LogP contribution in [0.3, 0.4) is 0 Å². The van der Waals surface area contributed by atoms with Crippen LogP contribution >= 0.6 is 0 Å². The second-order valence-electron chi connectivity index (χ2n) is 3.80. The summed E-state index contributed by atoms with van der Waals surface area (Å²) in [5.74, 6) is -1.61. The standard InChI is InChI=1S/C11H13F4NO/c12-10-2-1-7(3-8(5-16)6-17)4-9(10)11(13,14)15/h1-2,4,8,17H,3,5-6,16H2. The normalized spacial score (nSPS) is 13.8. The van der Waals surface area contributed by atoms with Gasteiger partial charge < -0.3 is 10.8 Å². The van der Waals surface area contributed by atoms with E-state index < -0.39 is 17.6 Å². The van der Waals surface area contributed by atoms with E-state index >= 15 is 0 Å².